The van der Waals surface area contributed by atoms with Crippen molar-refractivity contribution in [2.45, 2.75) is 13.0 Å². The molecule has 3 N–H and O–H groups in total. The molecule has 0 spiro atoms. The fourth-order valence-electron chi connectivity index (χ4n) is 0.139. The van der Waals surface area contributed by atoms with Crippen LogP contribution in [0.1, 0.15) is 6.92 Å². The van der Waals surface area contributed by atoms with E-state index in [2.05, 4.69) is 10.7 Å². The number of aliphatic hydroxyl groups excluding tert-OH is 1. The van der Waals surface area contributed by atoms with Gasteiger partial charge in [-0.3, -0.25) is 0 Å². The summed E-state index contributed by atoms with van der Waals surface area (Å²) in [6.45, 7) is 1.81. The lowest BCUT2D eigenvalue weighted by Gasteiger charge is -1.96. The van der Waals surface area contributed by atoms with E-state index < -0.39 is 6.10 Å². The van der Waals surface area contributed by atoms with Crippen LogP contribution in [0.5, 0.6) is 0 Å². The molecule has 0 fully saturated rings. The first-order chi connectivity index (χ1) is 2.77. The lowest BCUT2D eigenvalue weighted by molar-refractivity contribution is 0.0463. The summed E-state index contributed by atoms with van der Waals surface area (Å²) in [5.74, 6) is 4.57. The highest BCUT2D eigenvalue weighted by Gasteiger charge is 1.88. The van der Waals surface area contributed by atoms with Crippen LogP contribution in [0.2, 0.25) is 0 Å². The van der Waals surface area contributed by atoms with E-state index >= 15 is 0 Å². The van der Waals surface area contributed by atoms with E-state index in [1.54, 1.807) is 6.92 Å². The molecule has 7 heavy (non-hydrogen) atoms. The van der Waals surface area contributed by atoms with Crippen molar-refractivity contribution in [1.29, 1.82) is 0 Å². The van der Waals surface area contributed by atoms with E-state index in [4.69, 9.17) is 5.11 Å². The van der Waals surface area contributed by atoms with Gasteiger partial charge in [0.25, 0.3) is 0 Å². The van der Waals surface area contributed by atoms with Crippen molar-refractivity contribution in [3.63, 3.8) is 0 Å². The molecule has 46 valence electrons. The monoisotopic (exact) mass is 127 g/mol. The second kappa shape index (κ2) is 6.17. The first-order valence-electron chi connectivity index (χ1n) is 1.77. The maximum Gasteiger partial charge on any atom is 0.0935 e. The van der Waals surface area contributed by atoms with Gasteiger partial charge in [-0.2, -0.15) is 0 Å². The Morgan fingerprint density at radius 1 is 1.86 bits per heavy atom. The Balaban J connectivity index is 0. The average molecular weight is 128 g/mol. The van der Waals surface area contributed by atoms with Gasteiger partial charge in [-0.25, -0.2) is 5.90 Å². The summed E-state index contributed by atoms with van der Waals surface area (Å²) >= 11 is 0. The molecule has 0 aliphatic rings. The largest absolute Gasteiger partial charge is 0.391 e. The number of hydrogen-bond acceptors (Lipinski definition) is 3. The Morgan fingerprint density at radius 3 is 2.29 bits per heavy atom. The van der Waals surface area contributed by atoms with Gasteiger partial charge in [-0.05, 0) is 6.92 Å². The average Bonchev–Trinajstić information content (AvgIpc) is 1.35. The molecule has 0 aliphatic carbocycles. The molecule has 0 aromatic carbocycles. The molecule has 0 aromatic rings. The maximum absolute atomic E-state index is 8.35. The molecule has 1 atom stereocenters. The van der Waals surface area contributed by atoms with E-state index in [0.717, 1.165) is 0 Å². The predicted molar refractivity (Wildman–Crippen MR) is 29.1 cm³/mol. The standard InChI is InChI=1S/C3H9NO2.ClH/c1-3(5)2-6-4;/h3,5H,2,4H2,1H3;1H/t3-;/m0./s1. The molecule has 0 bridgehead atoms. The van der Waals surface area contributed by atoms with Crippen LogP contribution in [0.15, 0.2) is 0 Å². The zero-order valence-corrected chi connectivity index (χ0v) is 4.94. The summed E-state index contributed by atoms with van der Waals surface area (Å²) in [6.07, 6.45) is -0.449. The van der Waals surface area contributed by atoms with Gasteiger partial charge >= 0.3 is 0 Å². The number of aliphatic hydroxyl groups is 1. The van der Waals surface area contributed by atoms with Crippen LogP contribution in [-0.2, 0) is 4.84 Å². The van der Waals surface area contributed by atoms with Gasteiger partial charge < -0.3 is 9.94 Å². The van der Waals surface area contributed by atoms with Crippen molar-refractivity contribution in [2.24, 2.45) is 5.90 Å². The van der Waals surface area contributed by atoms with Crippen LogP contribution in [0.4, 0.5) is 0 Å². The first-order valence-corrected chi connectivity index (χ1v) is 1.77. The molecule has 0 amide bonds. The Labute approximate surface area is 48.8 Å². The van der Waals surface area contributed by atoms with E-state index in [9.17, 15) is 0 Å². The van der Waals surface area contributed by atoms with Gasteiger partial charge in [-0.1, -0.05) is 0 Å². The summed E-state index contributed by atoms with van der Waals surface area (Å²) in [7, 11) is 0. The zero-order valence-electron chi connectivity index (χ0n) is 4.13. The van der Waals surface area contributed by atoms with Gasteiger partial charge in [0.2, 0.25) is 0 Å². The Kier molecular flexibility index (Phi) is 9.00. The van der Waals surface area contributed by atoms with Crippen molar-refractivity contribution in [1.82, 2.24) is 0 Å². The second-order valence-electron chi connectivity index (χ2n) is 1.18. The fraction of sp³-hybridized carbons (Fsp3) is 1.00. The molecule has 0 saturated heterocycles. The van der Waals surface area contributed by atoms with E-state index in [0.29, 0.717) is 0 Å². The molecule has 0 heterocycles. The van der Waals surface area contributed by atoms with Gasteiger partial charge in [0.15, 0.2) is 0 Å². The first kappa shape index (κ1) is 10.2. The highest BCUT2D eigenvalue weighted by molar-refractivity contribution is 5.85. The van der Waals surface area contributed by atoms with E-state index in [1.807, 2.05) is 0 Å². The third-order valence-corrected chi connectivity index (χ3v) is 0.337. The molecular weight excluding hydrogens is 117 g/mol. The number of halogens is 1. The highest BCUT2D eigenvalue weighted by Crippen LogP contribution is 1.73. The van der Waals surface area contributed by atoms with Crippen molar-refractivity contribution >= 4 is 12.4 Å². The fourth-order valence-corrected chi connectivity index (χ4v) is 0.139. The summed E-state index contributed by atoms with van der Waals surface area (Å²) in [5, 5.41) is 8.35. The van der Waals surface area contributed by atoms with Crippen molar-refractivity contribution in [3.05, 3.63) is 0 Å². The Bertz CT molecular complexity index is 34.1. The molecular formula is C3H10ClNO2. The van der Waals surface area contributed by atoms with Gasteiger partial charge in [0.1, 0.15) is 0 Å². The van der Waals surface area contributed by atoms with Crippen LogP contribution in [-0.4, -0.2) is 17.8 Å². The molecule has 0 saturated carbocycles. The van der Waals surface area contributed by atoms with Crippen LogP contribution >= 0.6 is 12.4 Å². The minimum Gasteiger partial charge on any atom is -0.391 e. The zero-order chi connectivity index (χ0) is 4.99. The lowest BCUT2D eigenvalue weighted by Crippen LogP contribution is -2.13. The third-order valence-electron chi connectivity index (χ3n) is 0.337. The van der Waals surface area contributed by atoms with Crippen LogP contribution in [0, 0.1) is 0 Å². The summed E-state index contributed by atoms with van der Waals surface area (Å²) in [6, 6.07) is 0. The SMILES string of the molecule is C[C@H](O)CON.Cl. The molecule has 0 rings (SSSR count). The summed E-state index contributed by atoms with van der Waals surface area (Å²) in [5.41, 5.74) is 0. The summed E-state index contributed by atoms with van der Waals surface area (Å²) < 4.78 is 0. The predicted octanol–water partition coefficient (Wildman–Crippen LogP) is -0.321. The molecule has 0 radical (unpaired) electrons. The molecule has 4 heteroatoms. The van der Waals surface area contributed by atoms with E-state index in [1.165, 1.54) is 0 Å². The minimum absolute atomic E-state index is 0. The van der Waals surface area contributed by atoms with E-state index in [-0.39, 0.29) is 19.0 Å². The molecule has 0 aliphatic heterocycles. The van der Waals surface area contributed by atoms with Crippen molar-refractivity contribution in [2.75, 3.05) is 6.61 Å². The minimum atomic E-state index is -0.449. The van der Waals surface area contributed by atoms with Gasteiger partial charge in [0, 0.05) is 0 Å². The van der Waals surface area contributed by atoms with Crippen molar-refractivity contribution < 1.29 is 9.94 Å². The van der Waals surface area contributed by atoms with Crippen LogP contribution in [0.3, 0.4) is 0 Å². The number of nitrogens with two attached hydrogens (primary N) is 1. The number of hydrogen-bond donors (Lipinski definition) is 2. The molecule has 3 nitrogen and oxygen atoms in total. The molecule has 0 unspecified atom stereocenters. The normalized spacial score (nSPS) is 12.4. The number of rotatable bonds is 2. The second-order valence-corrected chi connectivity index (χ2v) is 1.18. The van der Waals surface area contributed by atoms with Gasteiger partial charge in [-0.15, -0.1) is 12.4 Å². The quantitative estimate of drug-likeness (QED) is 0.500. The maximum atomic E-state index is 8.35. The van der Waals surface area contributed by atoms with Crippen molar-refractivity contribution in [3.8, 4) is 0 Å². The van der Waals surface area contributed by atoms with Gasteiger partial charge in [0.05, 0.1) is 12.7 Å². The topological polar surface area (TPSA) is 55.5 Å². The third kappa shape index (κ3) is 10.7. The highest BCUT2D eigenvalue weighted by atomic mass is 35.5. The summed E-state index contributed by atoms with van der Waals surface area (Å²) in [4.78, 5) is 4.05. The Morgan fingerprint density at radius 2 is 2.29 bits per heavy atom. The lowest BCUT2D eigenvalue weighted by atomic mass is 10.5. The Hall–Kier alpha value is 0.170. The molecule has 0 aromatic heterocycles. The smallest absolute Gasteiger partial charge is 0.0935 e. The van der Waals surface area contributed by atoms with Crippen LogP contribution < -0.4 is 5.90 Å². The van der Waals surface area contributed by atoms with Crippen LogP contribution in [0.25, 0.3) is 0 Å².